The summed E-state index contributed by atoms with van der Waals surface area (Å²) < 4.78 is 43.7. The van der Waals surface area contributed by atoms with E-state index in [1.165, 1.54) is 23.3 Å². The molecule has 1 aliphatic rings. The number of benzene rings is 2. The molecule has 3 aromatic rings. The third-order valence-electron chi connectivity index (χ3n) is 4.99. The zero-order valence-electron chi connectivity index (χ0n) is 16.4. The summed E-state index contributed by atoms with van der Waals surface area (Å²) >= 11 is 1.16. The van der Waals surface area contributed by atoms with Crippen LogP contribution in [0.2, 0.25) is 0 Å². The first-order valence-electron chi connectivity index (χ1n) is 9.29. The standard InChI is InChI=1S/C21H20F3N3OS.2ClH/c22-21(23,24)28-17-6-7-18-19(14-17)29-20(25)27(18)13-12-26-10-8-16(9-11-26)15-4-2-1-3-5-15;;/h1-8,14,25H,9-13H2;2*1H. The van der Waals surface area contributed by atoms with E-state index in [9.17, 15) is 13.2 Å². The summed E-state index contributed by atoms with van der Waals surface area (Å²) in [6.07, 6.45) is -1.49. The molecule has 4 rings (SSSR count). The summed E-state index contributed by atoms with van der Waals surface area (Å²) in [5, 5.41) is 8.20. The molecule has 10 heteroatoms. The Morgan fingerprint density at radius 2 is 1.77 bits per heavy atom. The Labute approximate surface area is 194 Å². The molecule has 4 nitrogen and oxygen atoms in total. The van der Waals surface area contributed by atoms with Crippen molar-refractivity contribution in [2.24, 2.45) is 0 Å². The van der Waals surface area contributed by atoms with Crippen LogP contribution in [0.1, 0.15) is 12.0 Å². The number of thiazole rings is 1. The molecule has 0 bridgehead atoms. The van der Waals surface area contributed by atoms with E-state index in [1.54, 1.807) is 6.07 Å². The van der Waals surface area contributed by atoms with Crippen molar-refractivity contribution in [3.63, 3.8) is 0 Å². The predicted octanol–water partition coefficient (Wildman–Crippen LogP) is 5.71. The van der Waals surface area contributed by atoms with Crippen LogP contribution in [0.3, 0.4) is 0 Å². The molecule has 0 radical (unpaired) electrons. The average Bonchev–Trinajstić information content (AvgIpc) is 3.00. The van der Waals surface area contributed by atoms with Gasteiger partial charge in [-0.1, -0.05) is 47.7 Å². The number of rotatable bonds is 5. The van der Waals surface area contributed by atoms with Crippen molar-refractivity contribution in [3.8, 4) is 5.75 Å². The average molecular weight is 492 g/mol. The molecule has 0 saturated carbocycles. The van der Waals surface area contributed by atoms with Crippen LogP contribution in [0.15, 0.2) is 54.6 Å². The number of ether oxygens (including phenoxy) is 1. The second-order valence-corrected chi connectivity index (χ2v) is 7.91. The van der Waals surface area contributed by atoms with Crippen LogP contribution in [-0.4, -0.2) is 35.5 Å². The van der Waals surface area contributed by atoms with Crippen molar-refractivity contribution >= 4 is 51.9 Å². The highest BCUT2D eigenvalue weighted by molar-refractivity contribution is 7.16. The predicted molar refractivity (Wildman–Crippen MR) is 122 cm³/mol. The first-order valence-corrected chi connectivity index (χ1v) is 10.1. The van der Waals surface area contributed by atoms with E-state index in [-0.39, 0.29) is 30.6 Å². The molecule has 0 fully saturated rings. The summed E-state index contributed by atoms with van der Waals surface area (Å²) in [6, 6.07) is 14.6. The number of hydrogen-bond acceptors (Lipinski definition) is 4. The van der Waals surface area contributed by atoms with Crippen LogP contribution in [0.5, 0.6) is 5.75 Å². The van der Waals surface area contributed by atoms with E-state index in [0.29, 0.717) is 16.0 Å². The van der Waals surface area contributed by atoms with E-state index in [4.69, 9.17) is 5.41 Å². The summed E-state index contributed by atoms with van der Waals surface area (Å²) in [5.74, 6) is -0.256. The van der Waals surface area contributed by atoms with Crippen LogP contribution in [0.25, 0.3) is 15.8 Å². The minimum atomic E-state index is -4.72. The SMILES string of the molecule is Cl.Cl.N=c1sc2cc(OC(F)(F)F)ccc2n1CCN1CC=C(c2ccccc2)CC1. The molecular weight excluding hydrogens is 470 g/mol. The maximum Gasteiger partial charge on any atom is 0.573 e. The molecule has 0 saturated heterocycles. The lowest BCUT2D eigenvalue weighted by Gasteiger charge is -2.26. The van der Waals surface area contributed by atoms with Gasteiger partial charge in [-0.15, -0.1) is 38.0 Å². The van der Waals surface area contributed by atoms with Gasteiger partial charge in [0.15, 0.2) is 4.80 Å². The Morgan fingerprint density at radius 3 is 2.42 bits per heavy atom. The van der Waals surface area contributed by atoms with E-state index < -0.39 is 6.36 Å². The Balaban J connectivity index is 0.00000171. The molecule has 0 atom stereocenters. The van der Waals surface area contributed by atoms with Gasteiger partial charge in [0.1, 0.15) is 5.75 Å². The monoisotopic (exact) mass is 491 g/mol. The first kappa shape index (κ1) is 25.3. The van der Waals surface area contributed by atoms with Crippen molar-refractivity contribution in [2.45, 2.75) is 19.3 Å². The van der Waals surface area contributed by atoms with Gasteiger partial charge in [0, 0.05) is 26.2 Å². The van der Waals surface area contributed by atoms with Gasteiger partial charge >= 0.3 is 6.36 Å². The molecule has 1 aromatic heterocycles. The third kappa shape index (κ3) is 6.26. The van der Waals surface area contributed by atoms with Crippen molar-refractivity contribution in [1.82, 2.24) is 9.47 Å². The lowest BCUT2D eigenvalue weighted by molar-refractivity contribution is -0.274. The normalized spacial score (nSPS) is 14.5. The number of nitrogens with zero attached hydrogens (tertiary/aromatic N) is 2. The second kappa shape index (κ2) is 10.5. The summed E-state index contributed by atoms with van der Waals surface area (Å²) in [6.45, 7) is 3.19. The lowest BCUT2D eigenvalue weighted by atomic mass is 10.00. The van der Waals surface area contributed by atoms with Gasteiger partial charge in [-0.3, -0.25) is 10.3 Å². The number of nitrogens with one attached hydrogen (secondary N) is 1. The number of hydrogen-bond donors (Lipinski definition) is 1. The van der Waals surface area contributed by atoms with Gasteiger partial charge in [0.05, 0.1) is 10.2 Å². The second-order valence-electron chi connectivity index (χ2n) is 6.88. The summed E-state index contributed by atoms with van der Waals surface area (Å²) in [4.78, 5) is 2.64. The van der Waals surface area contributed by atoms with E-state index in [2.05, 4.69) is 27.8 Å². The Hall–Kier alpha value is -2.00. The highest BCUT2D eigenvalue weighted by atomic mass is 35.5. The number of aromatic nitrogens is 1. The van der Waals surface area contributed by atoms with Gasteiger partial charge in [-0.05, 0) is 35.8 Å². The summed E-state index contributed by atoms with van der Waals surface area (Å²) in [7, 11) is 0. The highest BCUT2D eigenvalue weighted by Crippen LogP contribution is 2.28. The quantitative estimate of drug-likeness (QED) is 0.496. The Morgan fingerprint density at radius 1 is 1.03 bits per heavy atom. The zero-order chi connectivity index (χ0) is 20.4. The van der Waals surface area contributed by atoms with Crippen LogP contribution in [-0.2, 0) is 6.54 Å². The molecular formula is C21H22Cl2F3N3OS. The van der Waals surface area contributed by atoms with E-state index in [1.807, 2.05) is 22.8 Å². The number of alkyl halides is 3. The molecule has 0 unspecified atom stereocenters. The Bertz CT molecular complexity index is 1100. The fourth-order valence-electron chi connectivity index (χ4n) is 3.56. The molecule has 168 valence electrons. The largest absolute Gasteiger partial charge is 0.573 e. The van der Waals surface area contributed by atoms with Crippen molar-refractivity contribution in [1.29, 1.82) is 5.41 Å². The minimum Gasteiger partial charge on any atom is -0.406 e. The minimum absolute atomic E-state index is 0. The molecule has 31 heavy (non-hydrogen) atoms. The Kier molecular flexibility index (Phi) is 8.59. The summed E-state index contributed by atoms with van der Waals surface area (Å²) in [5.41, 5.74) is 3.37. The van der Waals surface area contributed by atoms with Gasteiger partial charge in [0.2, 0.25) is 0 Å². The van der Waals surface area contributed by atoms with E-state index in [0.717, 1.165) is 42.9 Å². The first-order chi connectivity index (χ1) is 13.9. The fraction of sp³-hybridized carbons (Fsp3) is 0.286. The highest BCUT2D eigenvalue weighted by Gasteiger charge is 2.31. The van der Waals surface area contributed by atoms with Gasteiger partial charge in [0.25, 0.3) is 0 Å². The molecule has 0 amide bonds. The molecule has 1 N–H and O–H groups in total. The maximum atomic E-state index is 12.4. The fourth-order valence-corrected chi connectivity index (χ4v) is 4.52. The topological polar surface area (TPSA) is 41.2 Å². The van der Waals surface area contributed by atoms with Crippen LogP contribution in [0.4, 0.5) is 13.2 Å². The van der Waals surface area contributed by atoms with Gasteiger partial charge in [-0.2, -0.15) is 0 Å². The van der Waals surface area contributed by atoms with Crippen LogP contribution >= 0.6 is 36.2 Å². The molecule has 2 heterocycles. The third-order valence-corrected chi connectivity index (χ3v) is 5.95. The van der Waals surface area contributed by atoms with Gasteiger partial charge in [-0.25, -0.2) is 0 Å². The number of halogens is 5. The molecule has 0 spiro atoms. The molecule has 0 aliphatic carbocycles. The van der Waals surface area contributed by atoms with Crippen LogP contribution < -0.4 is 9.54 Å². The maximum absolute atomic E-state index is 12.4. The van der Waals surface area contributed by atoms with Crippen LogP contribution in [0, 0.1) is 5.41 Å². The number of fused-ring (bicyclic) bond motifs is 1. The van der Waals surface area contributed by atoms with Crippen molar-refractivity contribution in [2.75, 3.05) is 19.6 Å². The molecule has 2 aromatic carbocycles. The van der Waals surface area contributed by atoms with Crippen molar-refractivity contribution in [3.05, 3.63) is 65.0 Å². The lowest BCUT2D eigenvalue weighted by Crippen LogP contribution is -2.33. The van der Waals surface area contributed by atoms with E-state index >= 15 is 0 Å². The zero-order valence-corrected chi connectivity index (χ0v) is 18.8. The smallest absolute Gasteiger partial charge is 0.406 e. The molecule has 1 aliphatic heterocycles. The van der Waals surface area contributed by atoms with Gasteiger partial charge < -0.3 is 9.30 Å². The van der Waals surface area contributed by atoms with Crippen molar-refractivity contribution < 1.29 is 17.9 Å².